The van der Waals surface area contributed by atoms with Crippen molar-refractivity contribution in [3.05, 3.63) is 0 Å². The fraction of sp³-hybridized carbons (Fsp3) is 0.968. The van der Waals surface area contributed by atoms with Crippen molar-refractivity contribution in [3.63, 3.8) is 0 Å². The predicted molar refractivity (Wildman–Crippen MR) is 305 cm³/mol. The first kappa shape index (κ1) is 71.0. The van der Waals surface area contributed by atoms with E-state index >= 15 is 0 Å². The first-order valence-corrected chi connectivity index (χ1v) is 33.2. The van der Waals surface area contributed by atoms with Crippen molar-refractivity contribution in [3.8, 4) is 0 Å². The molecule has 0 amide bonds. The standard InChI is InChI=1S/C62H124NO8P/c1-6-8-10-12-14-16-18-19-20-21-22-23-24-25-26-27-28-29-30-31-32-33-34-35-36-37-38-39-40-41-42-43-45-47-49-51-53-55-62(65)71-60(59-70-72(66,67)69-57-56-63(3,4)5)58-68-61(64)54-52-50-48-46-44-17-15-13-11-9-7-2/h60H,6-59H2,1-5H3. The summed E-state index contributed by atoms with van der Waals surface area (Å²) in [6.07, 6.45) is 63.5. The molecular weight excluding hydrogens is 918 g/mol. The molecule has 0 rings (SSSR count). The number of quaternary nitrogens is 1. The number of rotatable bonds is 60. The van der Waals surface area contributed by atoms with E-state index in [1.807, 2.05) is 21.1 Å². The Balaban J connectivity index is 3.82. The van der Waals surface area contributed by atoms with Crippen LogP contribution in [0.1, 0.15) is 335 Å². The smallest absolute Gasteiger partial charge is 0.306 e. The zero-order chi connectivity index (χ0) is 52.7. The Morgan fingerprint density at radius 2 is 0.625 bits per heavy atom. The van der Waals surface area contributed by atoms with Crippen molar-refractivity contribution in [2.75, 3.05) is 47.5 Å². The lowest BCUT2D eigenvalue weighted by molar-refractivity contribution is -0.870. The van der Waals surface area contributed by atoms with Gasteiger partial charge in [0.25, 0.3) is 7.82 Å². The Hall–Kier alpha value is -0.990. The van der Waals surface area contributed by atoms with Gasteiger partial charge in [-0.2, -0.15) is 0 Å². The van der Waals surface area contributed by atoms with E-state index in [2.05, 4.69) is 13.8 Å². The minimum atomic E-state index is -4.62. The molecule has 0 heterocycles. The summed E-state index contributed by atoms with van der Waals surface area (Å²) in [7, 11) is 1.19. The number of unbranched alkanes of at least 4 members (excludes halogenated alkanes) is 46. The lowest BCUT2D eigenvalue weighted by atomic mass is 10.0. The maximum Gasteiger partial charge on any atom is 0.306 e. The van der Waals surface area contributed by atoms with Gasteiger partial charge in [0.15, 0.2) is 6.10 Å². The topological polar surface area (TPSA) is 111 Å². The van der Waals surface area contributed by atoms with Crippen LogP contribution in [0.25, 0.3) is 0 Å². The Kier molecular flexibility index (Phi) is 54.0. The third-order valence-electron chi connectivity index (χ3n) is 14.6. The third kappa shape index (κ3) is 58.3. The molecule has 0 saturated carbocycles. The zero-order valence-corrected chi connectivity index (χ0v) is 49.8. The summed E-state index contributed by atoms with van der Waals surface area (Å²) in [6.45, 7) is 4.29. The summed E-state index contributed by atoms with van der Waals surface area (Å²) < 4.78 is 34.1. The summed E-state index contributed by atoms with van der Waals surface area (Å²) in [5.74, 6) is -0.814. The molecule has 0 saturated heterocycles. The fourth-order valence-corrected chi connectivity index (χ4v) is 10.4. The number of esters is 2. The highest BCUT2D eigenvalue weighted by atomic mass is 31.2. The van der Waals surface area contributed by atoms with Gasteiger partial charge in [0.2, 0.25) is 0 Å². The van der Waals surface area contributed by atoms with E-state index in [-0.39, 0.29) is 32.0 Å². The molecule has 72 heavy (non-hydrogen) atoms. The molecule has 0 bridgehead atoms. The number of likely N-dealkylation sites (N-methyl/N-ethyl adjacent to an activating group) is 1. The highest BCUT2D eigenvalue weighted by molar-refractivity contribution is 7.45. The van der Waals surface area contributed by atoms with Crippen LogP contribution in [-0.4, -0.2) is 70.0 Å². The van der Waals surface area contributed by atoms with Crippen molar-refractivity contribution in [2.24, 2.45) is 0 Å². The van der Waals surface area contributed by atoms with Gasteiger partial charge in [-0.05, 0) is 12.8 Å². The number of phosphoric ester groups is 1. The van der Waals surface area contributed by atoms with Gasteiger partial charge in [-0.1, -0.05) is 309 Å². The third-order valence-corrected chi connectivity index (χ3v) is 15.6. The second-order valence-corrected chi connectivity index (χ2v) is 24.6. The largest absolute Gasteiger partial charge is 0.756 e. The Bertz CT molecular complexity index is 1180. The number of hydrogen-bond donors (Lipinski definition) is 0. The fourth-order valence-electron chi connectivity index (χ4n) is 9.72. The van der Waals surface area contributed by atoms with E-state index in [1.54, 1.807) is 0 Å². The van der Waals surface area contributed by atoms with Crippen LogP contribution in [0.2, 0.25) is 0 Å². The monoisotopic (exact) mass is 1040 g/mol. The van der Waals surface area contributed by atoms with Gasteiger partial charge >= 0.3 is 11.9 Å². The maximum absolute atomic E-state index is 12.8. The summed E-state index contributed by atoms with van der Waals surface area (Å²) in [6, 6.07) is 0. The molecule has 9 nitrogen and oxygen atoms in total. The molecule has 0 aromatic carbocycles. The molecule has 0 fully saturated rings. The molecule has 2 unspecified atom stereocenters. The Morgan fingerprint density at radius 3 is 0.889 bits per heavy atom. The summed E-state index contributed by atoms with van der Waals surface area (Å²) in [5.41, 5.74) is 0. The lowest BCUT2D eigenvalue weighted by Crippen LogP contribution is -2.37. The van der Waals surface area contributed by atoms with Crippen LogP contribution < -0.4 is 4.89 Å². The van der Waals surface area contributed by atoms with Crippen LogP contribution in [0.4, 0.5) is 0 Å². The van der Waals surface area contributed by atoms with Crippen LogP contribution in [-0.2, 0) is 32.7 Å². The lowest BCUT2D eigenvalue weighted by Gasteiger charge is -2.28. The van der Waals surface area contributed by atoms with Crippen molar-refractivity contribution < 1.29 is 42.1 Å². The number of hydrogen-bond acceptors (Lipinski definition) is 8. The van der Waals surface area contributed by atoms with Gasteiger partial charge in [-0.25, -0.2) is 0 Å². The van der Waals surface area contributed by atoms with E-state index < -0.39 is 26.5 Å². The number of carbonyl (C=O) groups excluding carboxylic acids is 2. The predicted octanol–water partition coefficient (Wildman–Crippen LogP) is 19.2. The summed E-state index contributed by atoms with van der Waals surface area (Å²) in [4.78, 5) is 37.7. The molecule has 0 aliphatic carbocycles. The molecule has 0 spiro atoms. The van der Waals surface area contributed by atoms with E-state index in [0.29, 0.717) is 17.4 Å². The van der Waals surface area contributed by atoms with Crippen LogP contribution in [0.3, 0.4) is 0 Å². The van der Waals surface area contributed by atoms with Crippen molar-refractivity contribution in [1.29, 1.82) is 0 Å². The average Bonchev–Trinajstić information content (AvgIpc) is 3.34. The Morgan fingerprint density at radius 1 is 0.375 bits per heavy atom. The zero-order valence-electron chi connectivity index (χ0n) is 48.9. The molecule has 0 aromatic rings. The van der Waals surface area contributed by atoms with Crippen molar-refractivity contribution in [2.45, 2.75) is 341 Å². The maximum atomic E-state index is 12.8. The highest BCUT2D eigenvalue weighted by Gasteiger charge is 2.22. The van der Waals surface area contributed by atoms with E-state index in [0.717, 1.165) is 32.1 Å². The quantitative estimate of drug-likeness (QED) is 0.0256. The van der Waals surface area contributed by atoms with E-state index in [4.69, 9.17) is 18.5 Å². The molecule has 0 aliphatic heterocycles. The van der Waals surface area contributed by atoms with Crippen LogP contribution in [0.5, 0.6) is 0 Å². The van der Waals surface area contributed by atoms with Crippen LogP contribution >= 0.6 is 7.82 Å². The van der Waals surface area contributed by atoms with Crippen LogP contribution in [0, 0.1) is 0 Å². The van der Waals surface area contributed by atoms with Gasteiger partial charge < -0.3 is 27.9 Å². The summed E-state index contributed by atoms with van der Waals surface area (Å²) >= 11 is 0. The molecule has 430 valence electrons. The number of phosphoric acid groups is 1. The highest BCUT2D eigenvalue weighted by Crippen LogP contribution is 2.38. The van der Waals surface area contributed by atoms with E-state index in [1.165, 1.54) is 270 Å². The second kappa shape index (κ2) is 54.8. The number of nitrogens with zero attached hydrogens (tertiary/aromatic N) is 1. The average molecular weight is 1040 g/mol. The molecule has 0 N–H and O–H groups in total. The summed E-state index contributed by atoms with van der Waals surface area (Å²) in [5, 5.41) is 0. The molecule has 0 aromatic heterocycles. The minimum absolute atomic E-state index is 0.0253. The van der Waals surface area contributed by atoms with Gasteiger partial charge in [0.05, 0.1) is 27.7 Å². The Labute approximate surface area is 448 Å². The minimum Gasteiger partial charge on any atom is -0.756 e. The van der Waals surface area contributed by atoms with E-state index in [9.17, 15) is 19.0 Å². The molecule has 2 atom stereocenters. The SMILES string of the molecule is CCCCCCCCCCCCCCCCCCCCCCCCCCCCCCCCCCCCCCCC(=O)OC(COC(=O)CCCCCCCCCCCCC)COP(=O)([O-])OCC[N+](C)(C)C. The number of ether oxygens (including phenoxy) is 2. The molecule has 10 heteroatoms. The van der Waals surface area contributed by atoms with Gasteiger partial charge in [0.1, 0.15) is 19.8 Å². The molecular formula is C62H124NO8P. The molecule has 0 radical (unpaired) electrons. The van der Waals surface area contributed by atoms with Crippen molar-refractivity contribution >= 4 is 19.8 Å². The van der Waals surface area contributed by atoms with Crippen molar-refractivity contribution in [1.82, 2.24) is 0 Å². The van der Waals surface area contributed by atoms with Gasteiger partial charge in [0, 0.05) is 12.8 Å². The molecule has 0 aliphatic rings. The first-order valence-electron chi connectivity index (χ1n) is 31.7. The number of carbonyl (C=O) groups is 2. The van der Waals surface area contributed by atoms with Crippen LogP contribution in [0.15, 0.2) is 0 Å². The normalized spacial score (nSPS) is 13.1. The second-order valence-electron chi connectivity index (χ2n) is 23.1. The van der Waals surface area contributed by atoms with Gasteiger partial charge in [-0.15, -0.1) is 0 Å². The van der Waals surface area contributed by atoms with Gasteiger partial charge in [-0.3, -0.25) is 14.2 Å². The first-order chi connectivity index (χ1) is 35.0.